The number of para-hydroxylation sites is 1. The molecule has 1 unspecified atom stereocenters. The maximum Gasteiger partial charge on any atom is 0.277 e. The van der Waals surface area contributed by atoms with Crippen molar-refractivity contribution in [1.82, 2.24) is 9.97 Å². The molecule has 156 valence electrons. The SMILES string of the molecule is CS(=O)c1ccccc1-c1ccc(-c2ccccc2[N+](=O)[O-])c2c1ncc1ncccc12. The lowest BCUT2D eigenvalue weighted by Gasteiger charge is -2.15. The molecular formula is C25H17N3O3S. The Bertz CT molecular complexity index is 1550. The molecule has 0 N–H and O–H groups in total. The van der Waals surface area contributed by atoms with E-state index >= 15 is 0 Å². The molecule has 5 aromatic rings. The Morgan fingerprint density at radius 2 is 1.53 bits per heavy atom. The van der Waals surface area contributed by atoms with E-state index in [1.165, 1.54) is 6.07 Å². The van der Waals surface area contributed by atoms with Crippen LogP contribution in [0.25, 0.3) is 44.1 Å². The highest BCUT2D eigenvalue weighted by molar-refractivity contribution is 7.84. The Morgan fingerprint density at radius 3 is 2.31 bits per heavy atom. The molecule has 2 aromatic heterocycles. The van der Waals surface area contributed by atoms with Gasteiger partial charge in [-0.15, -0.1) is 0 Å². The molecule has 0 aliphatic rings. The second-order valence-electron chi connectivity index (χ2n) is 7.30. The number of rotatable bonds is 4. The molecular weight excluding hydrogens is 422 g/mol. The average molecular weight is 439 g/mol. The van der Waals surface area contributed by atoms with Crippen LogP contribution in [0.2, 0.25) is 0 Å². The van der Waals surface area contributed by atoms with E-state index in [1.54, 1.807) is 36.8 Å². The summed E-state index contributed by atoms with van der Waals surface area (Å²) in [5.41, 5.74) is 4.26. The fourth-order valence-corrected chi connectivity index (χ4v) is 4.86. The minimum atomic E-state index is -1.19. The van der Waals surface area contributed by atoms with Crippen molar-refractivity contribution < 1.29 is 9.13 Å². The van der Waals surface area contributed by atoms with E-state index in [2.05, 4.69) is 4.98 Å². The zero-order chi connectivity index (χ0) is 22.2. The highest BCUT2D eigenvalue weighted by Gasteiger charge is 2.21. The van der Waals surface area contributed by atoms with Crippen LogP contribution in [-0.2, 0) is 10.8 Å². The Labute approximate surface area is 186 Å². The van der Waals surface area contributed by atoms with E-state index in [0.29, 0.717) is 27.1 Å². The fourth-order valence-electron chi connectivity index (χ4n) is 4.10. The summed E-state index contributed by atoms with van der Waals surface area (Å²) < 4.78 is 12.4. The van der Waals surface area contributed by atoms with Gasteiger partial charge in [-0.05, 0) is 29.3 Å². The molecule has 0 aliphatic heterocycles. The van der Waals surface area contributed by atoms with E-state index < -0.39 is 10.8 Å². The van der Waals surface area contributed by atoms with Crippen LogP contribution in [0.3, 0.4) is 0 Å². The van der Waals surface area contributed by atoms with Crippen LogP contribution >= 0.6 is 0 Å². The van der Waals surface area contributed by atoms with Gasteiger partial charge >= 0.3 is 0 Å². The highest BCUT2D eigenvalue weighted by Crippen LogP contribution is 2.41. The van der Waals surface area contributed by atoms with Gasteiger partial charge in [-0.1, -0.05) is 48.5 Å². The minimum absolute atomic E-state index is 0.0255. The van der Waals surface area contributed by atoms with Gasteiger partial charge in [-0.2, -0.15) is 0 Å². The van der Waals surface area contributed by atoms with Crippen LogP contribution in [0.15, 0.2) is 90.1 Å². The number of benzene rings is 3. The predicted molar refractivity (Wildman–Crippen MR) is 127 cm³/mol. The molecule has 0 saturated heterocycles. The monoisotopic (exact) mass is 439 g/mol. The largest absolute Gasteiger partial charge is 0.277 e. The van der Waals surface area contributed by atoms with Gasteiger partial charge in [0.1, 0.15) is 0 Å². The Balaban J connectivity index is 1.94. The summed E-state index contributed by atoms with van der Waals surface area (Å²) in [5, 5.41) is 13.4. The summed E-state index contributed by atoms with van der Waals surface area (Å²) in [6, 6.07) is 21.8. The van der Waals surface area contributed by atoms with Crippen molar-refractivity contribution in [3.63, 3.8) is 0 Å². The first-order valence-electron chi connectivity index (χ1n) is 9.89. The first kappa shape index (κ1) is 20.0. The number of fused-ring (bicyclic) bond motifs is 3. The predicted octanol–water partition coefficient (Wildman–Crippen LogP) is 5.76. The van der Waals surface area contributed by atoms with Crippen LogP contribution in [-0.4, -0.2) is 25.4 Å². The summed E-state index contributed by atoms with van der Waals surface area (Å²) in [6.45, 7) is 0. The molecule has 0 aliphatic carbocycles. The molecule has 0 amide bonds. The lowest BCUT2D eigenvalue weighted by molar-refractivity contribution is -0.384. The molecule has 3 aromatic carbocycles. The average Bonchev–Trinajstić information content (AvgIpc) is 2.83. The zero-order valence-electron chi connectivity index (χ0n) is 17.1. The summed E-state index contributed by atoms with van der Waals surface area (Å²) in [5.74, 6) is 0. The van der Waals surface area contributed by atoms with Crippen LogP contribution in [0.5, 0.6) is 0 Å². The summed E-state index contributed by atoms with van der Waals surface area (Å²) >= 11 is 0. The van der Waals surface area contributed by atoms with Crippen molar-refractivity contribution in [2.24, 2.45) is 0 Å². The van der Waals surface area contributed by atoms with Gasteiger partial charge in [-0.25, -0.2) is 0 Å². The third-order valence-corrected chi connectivity index (χ3v) is 6.45. The van der Waals surface area contributed by atoms with Crippen molar-refractivity contribution in [2.45, 2.75) is 4.90 Å². The third kappa shape index (κ3) is 3.23. The van der Waals surface area contributed by atoms with E-state index in [0.717, 1.165) is 21.9 Å². The first-order valence-corrected chi connectivity index (χ1v) is 11.4. The number of nitro benzene ring substituents is 1. The molecule has 6 nitrogen and oxygen atoms in total. The Morgan fingerprint density at radius 1 is 0.812 bits per heavy atom. The van der Waals surface area contributed by atoms with Gasteiger partial charge < -0.3 is 0 Å². The van der Waals surface area contributed by atoms with Crippen molar-refractivity contribution in [3.05, 3.63) is 95.3 Å². The fraction of sp³-hybridized carbons (Fsp3) is 0.0400. The number of aromatic nitrogens is 2. The van der Waals surface area contributed by atoms with E-state index in [-0.39, 0.29) is 10.6 Å². The summed E-state index contributed by atoms with van der Waals surface area (Å²) in [4.78, 5) is 21.2. The van der Waals surface area contributed by atoms with Gasteiger partial charge in [0.05, 0.1) is 38.5 Å². The van der Waals surface area contributed by atoms with Crippen molar-refractivity contribution in [2.75, 3.05) is 6.26 Å². The molecule has 7 heteroatoms. The summed E-state index contributed by atoms with van der Waals surface area (Å²) in [7, 11) is -1.19. The molecule has 0 bridgehead atoms. The zero-order valence-corrected chi connectivity index (χ0v) is 17.9. The van der Waals surface area contributed by atoms with Crippen molar-refractivity contribution in [3.8, 4) is 22.3 Å². The van der Waals surface area contributed by atoms with Gasteiger partial charge in [0.2, 0.25) is 0 Å². The molecule has 0 saturated carbocycles. The third-order valence-electron chi connectivity index (χ3n) is 5.48. The van der Waals surface area contributed by atoms with Gasteiger partial charge in [0, 0.05) is 39.8 Å². The van der Waals surface area contributed by atoms with E-state index in [4.69, 9.17) is 4.98 Å². The minimum Gasteiger partial charge on any atom is -0.258 e. The molecule has 0 fully saturated rings. The van der Waals surface area contributed by atoms with Crippen molar-refractivity contribution >= 4 is 38.3 Å². The molecule has 2 heterocycles. The second kappa shape index (κ2) is 7.94. The lowest BCUT2D eigenvalue weighted by Crippen LogP contribution is -1.97. The first-order chi connectivity index (χ1) is 15.6. The number of pyridine rings is 2. The molecule has 0 spiro atoms. The number of nitro groups is 1. The smallest absolute Gasteiger partial charge is 0.258 e. The van der Waals surface area contributed by atoms with Crippen LogP contribution in [0, 0.1) is 10.1 Å². The molecule has 32 heavy (non-hydrogen) atoms. The number of hydrogen-bond acceptors (Lipinski definition) is 5. The van der Waals surface area contributed by atoms with Crippen LogP contribution < -0.4 is 0 Å². The standard InChI is InChI=1S/C25H17N3O3S/c1-32(31)23-11-5-3-8-17(23)19-13-12-18(16-7-2-4-10-22(16)28(29)30)24-20-9-6-14-26-21(20)15-27-25(19)24/h2-15H,1H3. The lowest BCUT2D eigenvalue weighted by atomic mass is 9.92. The quantitative estimate of drug-likeness (QED) is 0.202. The van der Waals surface area contributed by atoms with Gasteiger partial charge in [0.25, 0.3) is 5.69 Å². The second-order valence-corrected chi connectivity index (χ2v) is 8.65. The highest BCUT2D eigenvalue weighted by atomic mass is 32.2. The topological polar surface area (TPSA) is 86.0 Å². The maximum absolute atomic E-state index is 12.4. The van der Waals surface area contributed by atoms with Crippen LogP contribution in [0.4, 0.5) is 5.69 Å². The van der Waals surface area contributed by atoms with Crippen molar-refractivity contribution in [1.29, 1.82) is 0 Å². The Hall–Kier alpha value is -3.97. The van der Waals surface area contributed by atoms with E-state index in [9.17, 15) is 14.3 Å². The van der Waals surface area contributed by atoms with Gasteiger partial charge in [0.15, 0.2) is 0 Å². The Kier molecular flexibility index (Phi) is 4.95. The van der Waals surface area contributed by atoms with Gasteiger partial charge in [-0.3, -0.25) is 24.3 Å². The normalized spacial score (nSPS) is 12.2. The maximum atomic E-state index is 12.4. The molecule has 1 atom stereocenters. The number of hydrogen-bond donors (Lipinski definition) is 0. The number of nitrogens with zero attached hydrogens (tertiary/aromatic N) is 3. The van der Waals surface area contributed by atoms with E-state index in [1.807, 2.05) is 48.5 Å². The summed E-state index contributed by atoms with van der Waals surface area (Å²) in [6.07, 6.45) is 5.05. The van der Waals surface area contributed by atoms with Crippen LogP contribution in [0.1, 0.15) is 0 Å². The molecule has 5 rings (SSSR count). The molecule has 0 radical (unpaired) electrons.